The number of halogens is 1. The van der Waals surface area contributed by atoms with E-state index in [4.69, 9.17) is 4.74 Å². The van der Waals surface area contributed by atoms with Crippen molar-refractivity contribution in [3.8, 4) is 22.4 Å². The number of nitrogens with zero attached hydrogens (tertiary/aromatic N) is 3. The number of hydrogen-bond donors (Lipinski definition) is 2. The molecule has 1 fully saturated rings. The summed E-state index contributed by atoms with van der Waals surface area (Å²) in [4.78, 5) is 47.1. The zero-order valence-electron chi connectivity index (χ0n) is 22.2. The number of aromatic nitrogens is 2. The average Bonchev–Trinajstić information content (AvgIpc) is 3.42. The maximum absolute atomic E-state index is 14.4. The minimum absolute atomic E-state index is 0.0233. The predicted molar refractivity (Wildman–Crippen MR) is 148 cm³/mol. The highest BCUT2D eigenvalue weighted by Crippen LogP contribution is 2.36. The van der Waals surface area contributed by atoms with Gasteiger partial charge in [0.05, 0.1) is 18.7 Å². The molecule has 4 heterocycles. The van der Waals surface area contributed by atoms with Crippen LogP contribution in [-0.2, 0) is 32.1 Å². The number of nitrogens with one attached hydrogen (secondary N) is 1. The third kappa shape index (κ3) is 6.37. The van der Waals surface area contributed by atoms with E-state index in [-0.39, 0.29) is 30.7 Å². The molecule has 40 heavy (non-hydrogen) atoms. The number of benzene rings is 1. The van der Waals surface area contributed by atoms with E-state index in [0.717, 1.165) is 29.5 Å². The molecule has 0 bridgehead atoms. The fraction of sp³-hybridized carbons (Fsp3) is 0.414. The van der Waals surface area contributed by atoms with E-state index in [2.05, 4.69) is 15.3 Å². The van der Waals surface area contributed by atoms with E-state index in [0.29, 0.717) is 54.6 Å². The van der Waals surface area contributed by atoms with Crippen LogP contribution < -0.4 is 10.2 Å². The molecule has 0 saturated carbocycles. The molecule has 0 aliphatic carbocycles. The summed E-state index contributed by atoms with van der Waals surface area (Å²) in [5.74, 6) is -1.41. The van der Waals surface area contributed by atoms with Gasteiger partial charge >= 0.3 is 5.97 Å². The summed E-state index contributed by atoms with van der Waals surface area (Å²) in [5.41, 5.74) is 3.67. The van der Waals surface area contributed by atoms with E-state index in [1.807, 2.05) is 11.4 Å². The summed E-state index contributed by atoms with van der Waals surface area (Å²) >= 11 is 1.34. The maximum Gasteiger partial charge on any atom is 0.304 e. The number of anilines is 1. The van der Waals surface area contributed by atoms with E-state index < -0.39 is 17.7 Å². The van der Waals surface area contributed by atoms with E-state index >= 15 is 0 Å². The van der Waals surface area contributed by atoms with Gasteiger partial charge in [0.25, 0.3) is 0 Å². The molecule has 2 aromatic heterocycles. The number of ether oxygens (including phenoxy) is 1. The van der Waals surface area contributed by atoms with Crippen LogP contribution in [0.4, 0.5) is 10.2 Å². The highest BCUT2D eigenvalue weighted by Gasteiger charge is 2.27. The second-order valence-corrected chi connectivity index (χ2v) is 11.2. The van der Waals surface area contributed by atoms with Gasteiger partial charge in [-0.25, -0.2) is 14.4 Å². The zero-order valence-corrected chi connectivity index (χ0v) is 23.0. The van der Waals surface area contributed by atoms with Gasteiger partial charge in [-0.05, 0) is 60.9 Å². The Morgan fingerprint density at radius 2 is 2.02 bits per heavy atom. The first-order chi connectivity index (χ1) is 19.3. The summed E-state index contributed by atoms with van der Waals surface area (Å²) < 4.78 is 19.7. The van der Waals surface area contributed by atoms with E-state index in [1.54, 1.807) is 24.2 Å². The molecule has 9 nitrogen and oxygen atoms in total. The lowest BCUT2D eigenvalue weighted by Gasteiger charge is -2.25. The van der Waals surface area contributed by atoms with Crippen LogP contribution in [0.1, 0.15) is 42.7 Å². The van der Waals surface area contributed by atoms with Crippen LogP contribution in [0.25, 0.3) is 22.4 Å². The van der Waals surface area contributed by atoms with Crippen LogP contribution in [0.2, 0.25) is 0 Å². The molecule has 3 aromatic rings. The molecule has 2 amide bonds. The minimum atomic E-state index is -1.00. The van der Waals surface area contributed by atoms with Crippen molar-refractivity contribution in [1.29, 1.82) is 0 Å². The number of carboxylic acids is 1. The molecule has 0 unspecified atom stereocenters. The quantitative estimate of drug-likeness (QED) is 0.393. The van der Waals surface area contributed by atoms with Gasteiger partial charge in [0.15, 0.2) is 0 Å². The first-order valence-electron chi connectivity index (χ1n) is 13.4. The fourth-order valence-electron chi connectivity index (χ4n) is 5.35. The Hall–Kier alpha value is -3.70. The van der Waals surface area contributed by atoms with Gasteiger partial charge in [-0.1, -0.05) is 6.07 Å². The van der Waals surface area contributed by atoms with Crippen LogP contribution in [0, 0.1) is 17.7 Å². The van der Waals surface area contributed by atoms with Gasteiger partial charge in [0, 0.05) is 55.3 Å². The second kappa shape index (κ2) is 12.2. The van der Waals surface area contributed by atoms with Crippen LogP contribution in [0.5, 0.6) is 0 Å². The van der Waals surface area contributed by atoms with Crippen molar-refractivity contribution in [2.75, 3.05) is 25.2 Å². The van der Waals surface area contributed by atoms with Gasteiger partial charge < -0.3 is 15.2 Å². The molecule has 1 atom stereocenters. The van der Waals surface area contributed by atoms with Crippen LogP contribution in [0.15, 0.2) is 35.8 Å². The monoisotopic (exact) mass is 566 g/mol. The van der Waals surface area contributed by atoms with Crippen molar-refractivity contribution in [2.24, 2.45) is 11.8 Å². The summed E-state index contributed by atoms with van der Waals surface area (Å²) in [5, 5.41) is 14.6. The van der Waals surface area contributed by atoms with Gasteiger partial charge in [-0.15, -0.1) is 11.3 Å². The highest BCUT2D eigenvalue weighted by molar-refractivity contribution is 7.09. The number of hydrogen-bond acceptors (Lipinski definition) is 7. The SMILES string of the molecule is CN1C(=O)CCc2cc(-c3ccc(F)cc3-c3csc(CNC(=O)[C@@H](CC(=O)O)CC4CCOCC4)n3)cnc21. The Bertz CT molecular complexity index is 1420. The van der Waals surface area contributed by atoms with Crippen LogP contribution in [-0.4, -0.2) is 53.1 Å². The lowest BCUT2D eigenvalue weighted by molar-refractivity contribution is -0.141. The minimum Gasteiger partial charge on any atom is -0.481 e. The van der Waals surface area contributed by atoms with Crippen LogP contribution >= 0.6 is 11.3 Å². The van der Waals surface area contributed by atoms with Crippen molar-refractivity contribution < 1.29 is 28.6 Å². The standard InChI is InChI=1S/C29H31FN4O5S/c1-34-26(35)5-2-18-11-20(14-31-28(18)34)22-4-3-21(30)13-23(22)24-16-40-25(33-24)15-32-29(38)19(12-27(36)37)10-17-6-8-39-9-7-17/h3-4,11,13-14,16-17,19H,2,5-10,12,15H2,1H3,(H,32,38)(H,36,37)/t19-/m1/s1. The summed E-state index contributed by atoms with van der Waals surface area (Å²) in [6.45, 7) is 1.42. The summed E-state index contributed by atoms with van der Waals surface area (Å²) in [7, 11) is 1.71. The van der Waals surface area contributed by atoms with E-state index in [1.165, 1.54) is 23.5 Å². The second-order valence-electron chi connectivity index (χ2n) is 10.3. The molecule has 0 radical (unpaired) electrons. The number of carbonyl (C=O) groups excluding carboxylic acids is 2. The van der Waals surface area contributed by atoms with Crippen molar-refractivity contribution in [2.45, 2.75) is 45.1 Å². The first-order valence-corrected chi connectivity index (χ1v) is 14.2. The largest absolute Gasteiger partial charge is 0.481 e. The first kappa shape index (κ1) is 27.9. The lowest BCUT2D eigenvalue weighted by atomic mass is 9.86. The number of thiazole rings is 1. The Morgan fingerprint density at radius 1 is 1.23 bits per heavy atom. The maximum atomic E-state index is 14.4. The topological polar surface area (TPSA) is 122 Å². The molecular weight excluding hydrogens is 535 g/mol. The molecule has 5 rings (SSSR count). The number of carboxylic acid groups (broad SMARTS) is 1. The van der Waals surface area contributed by atoms with Gasteiger partial charge in [0.1, 0.15) is 16.6 Å². The normalized spacial score (nSPS) is 16.4. The Labute approximate surface area is 235 Å². The summed E-state index contributed by atoms with van der Waals surface area (Å²) in [6, 6.07) is 6.50. The zero-order chi connectivity index (χ0) is 28.2. The number of aryl methyl sites for hydroxylation is 1. The lowest BCUT2D eigenvalue weighted by Crippen LogP contribution is -2.33. The van der Waals surface area contributed by atoms with Crippen molar-refractivity contribution in [3.05, 3.63) is 52.2 Å². The fourth-order valence-corrected chi connectivity index (χ4v) is 6.08. The van der Waals surface area contributed by atoms with Crippen LogP contribution in [0.3, 0.4) is 0 Å². The molecule has 210 valence electrons. The Balaban J connectivity index is 1.32. The Morgan fingerprint density at radius 3 is 2.80 bits per heavy atom. The van der Waals surface area contributed by atoms with Gasteiger partial charge in [-0.3, -0.25) is 19.3 Å². The van der Waals surface area contributed by atoms with Crippen molar-refractivity contribution in [1.82, 2.24) is 15.3 Å². The third-order valence-electron chi connectivity index (χ3n) is 7.53. The van der Waals surface area contributed by atoms with Gasteiger partial charge in [0.2, 0.25) is 11.8 Å². The number of amides is 2. The number of fused-ring (bicyclic) bond motifs is 1. The molecule has 11 heteroatoms. The van der Waals surface area contributed by atoms with Crippen molar-refractivity contribution in [3.63, 3.8) is 0 Å². The molecule has 1 saturated heterocycles. The molecule has 2 N–H and O–H groups in total. The average molecular weight is 567 g/mol. The number of pyridine rings is 1. The smallest absolute Gasteiger partial charge is 0.304 e. The van der Waals surface area contributed by atoms with Gasteiger partial charge in [-0.2, -0.15) is 0 Å². The molecule has 2 aliphatic rings. The number of rotatable bonds is 9. The molecule has 0 spiro atoms. The third-order valence-corrected chi connectivity index (χ3v) is 8.38. The highest BCUT2D eigenvalue weighted by atomic mass is 32.1. The number of carbonyl (C=O) groups is 3. The van der Waals surface area contributed by atoms with Crippen molar-refractivity contribution >= 4 is 34.9 Å². The predicted octanol–water partition coefficient (Wildman–Crippen LogP) is 4.44. The molecular formula is C29H31FN4O5S. The summed E-state index contributed by atoms with van der Waals surface area (Å²) in [6.07, 6.45) is 4.61. The Kier molecular flexibility index (Phi) is 8.51. The van der Waals surface area contributed by atoms with E-state index in [9.17, 15) is 23.9 Å². The number of aliphatic carboxylic acids is 1. The molecule has 1 aromatic carbocycles. The molecule has 2 aliphatic heterocycles.